The van der Waals surface area contributed by atoms with Crippen LogP contribution in [0.15, 0.2) is 42.5 Å². The zero-order valence-electron chi connectivity index (χ0n) is 16.4. The van der Waals surface area contributed by atoms with Crippen molar-refractivity contribution in [1.82, 2.24) is 4.98 Å². The molecule has 1 aliphatic heterocycles. The molecule has 1 aliphatic carbocycles. The van der Waals surface area contributed by atoms with Gasteiger partial charge in [0.15, 0.2) is 11.5 Å². The first-order valence-corrected chi connectivity index (χ1v) is 10.0. The summed E-state index contributed by atoms with van der Waals surface area (Å²) in [6.45, 7) is 0.0153. The summed E-state index contributed by atoms with van der Waals surface area (Å²) < 4.78 is 16.2. The first kappa shape index (κ1) is 18.6. The number of allylic oxidation sites excluding steroid dienone is 1. The van der Waals surface area contributed by atoms with Gasteiger partial charge in [-0.1, -0.05) is 24.3 Å². The number of para-hydroxylation sites is 1. The molecule has 0 saturated heterocycles. The van der Waals surface area contributed by atoms with Crippen LogP contribution < -0.4 is 9.47 Å². The molecular formula is C24H21NO5. The molecule has 0 atom stereocenters. The highest BCUT2D eigenvalue weighted by Crippen LogP contribution is 2.38. The fourth-order valence-electron chi connectivity index (χ4n) is 4.12. The minimum absolute atomic E-state index is 0.0237. The van der Waals surface area contributed by atoms with Crippen LogP contribution in [0.4, 0.5) is 0 Å². The first-order chi connectivity index (χ1) is 14.7. The van der Waals surface area contributed by atoms with Gasteiger partial charge in [0.2, 0.25) is 6.79 Å². The van der Waals surface area contributed by atoms with Gasteiger partial charge in [0.25, 0.3) is 0 Å². The Morgan fingerprint density at radius 2 is 2.00 bits per heavy atom. The Kier molecular flexibility index (Phi) is 4.85. The number of aliphatic hydroxyl groups is 1. The van der Waals surface area contributed by atoms with Gasteiger partial charge in [-0.25, -0.2) is 9.78 Å². The number of carbonyl (C=O) groups is 1. The molecule has 1 aromatic heterocycles. The van der Waals surface area contributed by atoms with E-state index in [2.05, 4.69) is 6.08 Å². The molecule has 5 rings (SSSR count). The van der Waals surface area contributed by atoms with Gasteiger partial charge in [-0.15, -0.1) is 0 Å². The zero-order chi connectivity index (χ0) is 20.5. The lowest BCUT2D eigenvalue weighted by atomic mass is 9.86. The standard InChI is InChI=1S/C24H21NO5/c26-10-11-28-24(27)22-17-5-1-2-7-19(17)25-23-16(4-3-6-18(22)23)12-15-8-9-20-21(13-15)30-14-29-20/h1-2,5,7-9,12-13,26H,3-4,6,10-11,14H2/b16-12+. The largest absolute Gasteiger partial charge is 0.460 e. The number of rotatable bonds is 4. The number of esters is 1. The molecule has 2 heterocycles. The summed E-state index contributed by atoms with van der Waals surface area (Å²) in [5.74, 6) is 1.07. The van der Waals surface area contributed by atoms with Crippen LogP contribution in [0.2, 0.25) is 0 Å². The quantitative estimate of drug-likeness (QED) is 0.664. The molecule has 1 N–H and O–H groups in total. The fourth-order valence-corrected chi connectivity index (χ4v) is 4.12. The number of hydrogen-bond donors (Lipinski definition) is 1. The second kappa shape index (κ2) is 7.80. The van der Waals surface area contributed by atoms with Gasteiger partial charge in [-0.3, -0.25) is 0 Å². The summed E-state index contributed by atoms with van der Waals surface area (Å²) in [6.07, 6.45) is 4.65. The third-order valence-electron chi connectivity index (χ3n) is 5.44. The van der Waals surface area contributed by atoms with E-state index >= 15 is 0 Å². The van der Waals surface area contributed by atoms with Crippen LogP contribution in [0.1, 0.15) is 40.0 Å². The van der Waals surface area contributed by atoms with E-state index in [9.17, 15) is 4.79 Å². The van der Waals surface area contributed by atoms with E-state index in [0.717, 1.165) is 64.1 Å². The SMILES string of the molecule is O=C(OCCO)c1c2c(nc3ccccc13)/C(=C/c1ccc3c(c1)OCO3)CCC2. The Morgan fingerprint density at radius 1 is 1.13 bits per heavy atom. The molecule has 6 nitrogen and oxygen atoms in total. The Bertz CT molecular complexity index is 1170. The fraction of sp³-hybridized carbons (Fsp3) is 0.250. The number of hydrogen-bond acceptors (Lipinski definition) is 6. The second-order valence-corrected chi connectivity index (χ2v) is 7.33. The molecule has 30 heavy (non-hydrogen) atoms. The smallest absolute Gasteiger partial charge is 0.339 e. The highest BCUT2D eigenvalue weighted by atomic mass is 16.7. The van der Waals surface area contributed by atoms with Crippen molar-refractivity contribution in [1.29, 1.82) is 0 Å². The minimum Gasteiger partial charge on any atom is -0.460 e. The van der Waals surface area contributed by atoms with E-state index in [-0.39, 0.29) is 20.0 Å². The molecule has 152 valence electrons. The van der Waals surface area contributed by atoms with Crippen molar-refractivity contribution in [3.05, 3.63) is 64.8 Å². The monoisotopic (exact) mass is 403 g/mol. The van der Waals surface area contributed by atoms with Gasteiger partial charge in [0, 0.05) is 5.39 Å². The second-order valence-electron chi connectivity index (χ2n) is 7.33. The number of aliphatic hydroxyl groups excluding tert-OH is 1. The maximum absolute atomic E-state index is 12.9. The van der Waals surface area contributed by atoms with Crippen LogP contribution in [0.25, 0.3) is 22.6 Å². The van der Waals surface area contributed by atoms with E-state index in [1.165, 1.54) is 0 Å². The number of fused-ring (bicyclic) bond motifs is 3. The molecule has 0 bridgehead atoms. The lowest BCUT2D eigenvalue weighted by molar-refractivity contribution is 0.0434. The minimum atomic E-state index is -0.414. The van der Waals surface area contributed by atoms with E-state index in [1.54, 1.807) is 0 Å². The maximum atomic E-state index is 12.9. The summed E-state index contributed by atoms with van der Waals surface area (Å²) in [7, 11) is 0. The number of nitrogens with zero attached hydrogens (tertiary/aromatic N) is 1. The van der Waals surface area contributed by atoms with E-state index < -0.39 is 5.97 Å². The van der Waals surface area contributed by atoms with Gasteiger partial charge in [-0.2, -0.15) is 0 Å². The van der Waals surface area contributed by atoms with Gasteiger partial charge >= 0.3 is 5.97 Å². The summed E-state index contributed by atoms with van der Waals surface area (Å²) in [6, 6.07) is 13.5. The molecule has 0 radical (unpaired) electrons. The van der Waals surface area contributed by atoms with Crippen molar-refractivity contribution in [2.75, 3.05) is 20.0 Å². The van der Waals surface area contributed by atoms with Crippen molar-refractivity contribution in [3.63, 3.8) is 0 Å². The lowest BCUT2D eigenvalue weighted by Crippen LogP contribution is -2.16. The molecule has 0 amide bonds. The van der Waals surface area contributed by atoms with Crippen LogP contribution in [0.5, 0.6) is 11.5 Å². The van der Waals surface area contributed by atoms with Crippen LogP contribution >= 0.6 is 0 Å². The predicted molar refractivity (Wildman–Crippen MR) is 112 cm³/mol. The highest BCUT2D eigenvalue weighted by Gasteiger charge is 2.26. The molecule has 3 aromatic rings. The van der Waals surface area contributed by atoms with Crippen molar-refractivity contribution >= 4 is 28.5 Å². The van der Waals surface area contributed by atoms with Crippen LogP contribution in [0.3, 0.4) is 0 Å². The third-order valence-corrected chi connectivity index (χ3v) is 5.44. The summed E-state index contributed by atoms with van der Waals surface area (Å²) >= 11 is 0. The normalized spacial score (nSPS) is 16.0. The summed E-state index contributed by atoms with van der Waals surface area (Å²) in [5, 5.41) is 9.85. The molecule has 6 heteroatoms. The number of ether oxygens (including phenoxy) is 3. The number of benzene rings is 2. The van der Waals surface area contributed by atoms with Crippen molar-refractivity contribution in [3.8, 4) is 11.5 Å². The Balaban J connectivity index is 1.64. The van der Waals surface area contributed by atoms with Crippen molar-refractivity contribution in [2.45, 2.75) is 19.3 Å². The molecule has 0 spiro atoms. The van der Waals surface area contributed by atoms with E-state index in [1.807, 2.05) is 42.5 Å². The highest BCUT2D eigenvalue weighted by molar-refractivity contribution is 6.06. The van der Waals surface area contributed by atoms with E-state index in [4.69, 9.17) is 24.3 Å². The van der Waals surface area contributed by atoms with Gasteiger partial charge in [0.05, 0.1) is 23.4 Å². The molecular weight excluding hydrogens is 382 g/mol. The maximum Gasteiger partial charge on any atom is 0.339 e. The van der Waals surface area contributed by atoms with Gasteiger partial charge < -0.3 is 19.3 Å². The molecule has 0 saturated carbocycles. The molecule has 2 aliphatic rings. The molecule has 2 aromatic carbocycles. The number of pyridine rings is 1. The number of aromatic nitrogens is 1. The first-order valence-electron chi connectivity index (χ1n) is 10.0. The zero-order valence-corrected chi connectivity index (χ0v) is 16.4. The van der Waals surface area contributed by atoms with E-state index in [0.29, 0.717) is 5.56 Å². The molecule has 0 fully saturated rings. The predicted octanol–water partition coefficient (Wildman–Crippen LogP) is 3.99. The Morgan fingerprint density at radius 3 is 2.90 bits per heavy atom. The summed E-state index contributed by atoms with van der Waals surface area (Å²) in [5.41, 5.74) is 5.15. The van der Waals surface area contributed by atoms with Crippen LogP contribution in [-0.2, 0) is 11.2 Å². The van der Waals surface area contributed by atoms with Crippen LogP contribution in [0, 0.1) is 0 Å². The topological polar surface area (TPSA) is 77.9 Å². The van der Waals surface area contributed by atoms with Crippen molar-refractivity contribution in [2.24, 2.45) is 0 Å². The summed E-state index contributed by atoms with van der Waals surface area (Å²) in [4.78, 5) is 17.8. The number of carbonyl (C=O) groups excluding carboxylic acids is 1. The third kappa shape index (κ3) is 3.29. The van der Waals surface area contributed by atoms with Gasteiger partial charge in [0.1, 0.15) is 6.61 Å². The average Bonchev–Trinajstić information content (AvgIpc) is 3.24. The molecule has 0 unspecified atom stereocenters. The lowest BCUT2D eigenvalue weighted by Gasteiger charge is -2.22. The van der Waals surface area contributed by atoms with Gasteiger partial charge in [-0.05, 0) is 60.2 Å². The Labute approximate surface area is 173 Å². The van der Waals surface area contributed by atoms with Crippen LogP contribution in [-0.4, -0.2) is 36.1 Å². The average molecular weight is 403 g/mol. The van der Waals surface area contributed by atoms with Crippen molar-refractivity contribution < 1.29 is 24.1 Å². The Hall–Kier alpha value is -3.38.